The summed E-state index contributed by atoms with van der Waals surface area (Å²) in [5, 5.41) is 4.32. The third kappa shape index (κ3) is 5.40. The van der Waals surface area contributed by atoms with Gasteiger partial charge in [0.2, 0.25) is 0 Å². The van der Waals surface area contributed by atoms with Crippen molar-refractivity contribution in [1.82, 2.24) is 19.8 Å². The molecule has 2 aromatic heterocycles. The molecule has 0 saturated carbocycles. The second-order valence-electron chi connectivity index (χ2n) is 8.57. The van der Waals surface area contributed by atoms with Crippen LogP contribution in [0.1, 0.15) is 29.4 Å². The van der Waals surface area contributed by atoms with Crippen LogP contribution >= 0.6 is 23.2 Å². The molecule has 34 heavy (non-hydrogen) atoms. The summed E-state index contributed by atoms with van der Waals surface area (Å²) in [5.74, 6) is -0.0213. The first-order valence-electron chi connectivity index (χ1n) is 11.8. The maximum atomic E-state index is 13.0. The lowest BCUT2D eigenvalue weighted by atomic mass is 10.1. The Labute approximate surface area is 211 Å². The van der Waals surface area contributed by atoms with Crippen LogP contribution in [0, 0.1) is 6.92 Å². The van der Waals surface area contributed by atoms with E-state index in [1.54, 1.807) is 12.4 Å². The number of pyridine rings is 1. The molecule has 0 atom stereocenters. The molecule has 180 valence electrons. The summed E-state index contributed by atoms with van der Waals surface area (Å²) in [6, 6.07) is 11.7. The largest absolute Gasteiger partial charge is 0.368 e. The molecule has 1 aliphatic rings. The number of rotatable bonds is 8. The van der Waals surface area contributed by atoms with Crippen molar-refractivity contribution in [3.63, 3.8) is 0 Å². The van der Waals surface area contributed by atoms with E-state index in [9.17, 15) is 4.79 Å². The maximum absolute atomic E-state index is 13.0. The van der Waals surface area contributed by atoms with Crippen molar-refractivity contribution in [3.8, 4) is 11.3 Å². The Morgan fingerprint density at radius 3 is 2.50 bits per heavy atom. The van der Waals surface area contributed by atoms with Gasteiger partial charge in [-0.1, -0.05) is 36.2 Å². The van der Waals surface area contributed by atoms with Gasteiger partial charge in [0.05, 0.1) is 21.3 Å². The molecule has 0 bridgehead atoms. The Kier molecular flexibility index (Phi) is 8.14. The molecule has 1 aromatic carbocycles. The maximum Gasteiger partial charge on any atom is 0.253 e. The number of anilines is 1. The van der Waals surface area contributed by atoms with Crippen LogP contribution in [-0.2, 0) is 6.54 Å². The van der Waals surface area contributed by atoms with Gasteiger partial charge >= 0.3 is 0 Å². The van der Waals surface area contributed by atoms with Crippen LogP contribution < -0.4 is 10.2 Å². The van der Waals surface area contributed by atoms with E-state index in [4.69, 9.17) is 23.2 Å². The van der Waals surface area contributed by atoms with E-state index in [-0.39, 0.29) is 5.91 Å². The fourth-order valence-electron chi connectivity index (χ4n) is 4.52. The van der Waals surface area contributed by atoms with E-state index in [0.29, 0.717) is 16.6 Å². The van der Waals surface area contributed by atoms with Crippen molar-refractivity contribution in [2.75, 3.05) is 44.2 Å². The topological polar surface area (TPSA) is 53.4 Å². The van der Waals surface area contributed by atoms with Crippen molar-refractivity contribution in [1.29, 1.82) is 0 Å². The van der Waals surface area contributed by atoms with Gasteiger partial charge in [0, 0.05) is 75.2 Å². The van der Waals surface area contributed by atoms with Gasteiger partial charge in [-0.25, -0.2) is 0 Å². The Hall–Kier alpha value is -2.54. The molecule has 6 nitrogen and oxygen atoms in total. The van der Waals surface area contributed by atoms with Gasteiger partial charge in [0.25, 0.3) is 5.91 Å². The average Bonchev–Trinajstić information content (AvgIpc) is 3.18. The molecule has 1 aliphatic heterocycles. The highest BCUT2D eigenvalue weighted by molar-refractivity contribution is 6.43. The second kappa shape index (κ2) is 11.3. The zero-order chi connectivity index (χ0) is 24.1. The van der Waals surface area contributed by atoms with Crippen molar-refractivity contribution < 1.29 is 4.79 Å². The van der Waals surface area contributed by atoms with E-state index in [1.165, 1.54) is 0 Å². The number of hydrogen-bond donors (Lipinski definition) is 1. The Morgan fingerprint density at radius 1 is 1.06 bits per heavy atom. The van der Waals surface area contributed by atoms with E-state index in [2.05, 4.69) is 31.6 Å². The third-order valence-corrected chi connectivity index (χ3v) is 7.20. The Balaban J connectivity index is 1.33. The van der Waals surface area contributed by atoms with Crippen LogP contribution in [0.5, 0.6) is 0 Å². The number of nitrogens with one attached hydrogen (secondary N) is 1. The summed E-state index contributed by atoms with van der Waals surface area (Å²) < 4.78 is 2.23. The molecule has 0 aliphatic carbocycles. The molecule has 0 unspecified atom stereocenters. The predicted molar refractivity (Wildman–Crippen MR) is 140 cm³/mol. The molecule has 3 heterocycles. The second-order valence-corrected chi connectivity index (χ2v) is 9.36. The number of nitrogens with zero attached hydrogens (tertiary/aromatic N) is 4. The van der Waals surface area contributed by atoms with Gasteiger partial charge in [0.15, 0.2) is 0 Å². The first-order valence-corrected chi connectivity index (χ1v) is 12.5. The molecule has 3 aromatic rings. The highest BCUT2D eigenvalue weighted by Crippen LogP contribution is 2.33. The molecular weight excluding hydrogens is 469 g/mol. The smallest absolute Gasteiger partial charge is 0.253 e. The fraction of sp³-hybridized carbons (Fsp3) is 0.385. The van der Waals surface area contributed by atoms with E-state index in [0.717, 1.165) is 73.9 Å². The molecule has 1 fully saturated rings. The predicted octanol–water partition coefficient (Wildman–Crippen LogP) is 5.13. The van der Waals surface area contributed by atoms with Gasteiger partial charge in [-0.05, 0) is 43.7 Å². The van der Waals surface area contributed by atoms with Gasteiger partial charge < -0.3 is 14.8 Å². The molecule has 4 rings (SSSR count). The Morgan fingerprint density at radius 2 is 1.79 bits per heavy atom. The number of hydrogen-bond acceptors (Lipinski definition) is 4. The molecule has 1 amide bonds. The van der Waals surface area contributed by atoms with Gasteiger partial charge in [-0.15, -0.1) is 0 Å². The number of aromatic nitrogens is 2. The minimum atomic E-state index is -0.0213. The molecular formula is C26H31Cl2N5O. The lowest BCUT2D eigenvalue weighted by Crippen LogP contribution is -2.48. The number of carbonyl (C=O) groups is 1. The normalized spacial score (nSPS) is 14.4. The number of piperazine rings is 1. The van der Waals surface area contributed by atoms with E-state index < -0.39 is 0 Å². The zero-order valence-corrected chi connectivity index (χ0v) is 21.2. The van der Waals surface area contributed by atoms with Gasteiger partial charge in [-0.3, -0.25) is 14.7 Å². The molecule has 0 spiro atoms. The highest BCUT2D eigenvalue weighted by atomic mass is 35.5. The van der Waals surface area contributed by atoms with Crippen molar-refractivity contribution >= 4 is 34.8 Å². The van der Waals surface area contributed by atoms with Crippen LogP contribution in [0.3, 0.4) is 0 Å². The Bertz CT molecular complexity index is 1120. The van der Waals surface area contributed by atoms with Crippen molar-refractivity contribution in [2.45, 2.75) is 26.8 Å². The number of carbonyl (C=O) groups excluding carboxylic acids is 1. The molecule has 1 N–H and O–H groups in total. The van der Waals surface area contributed by atoms with Crippen LogP contribution in [0.4, 0.5) is 5.69 Å². The van der Waals surface area contributed by atoms with Crippen molar-refractivity contribution in [3.05, 3.63) is 70.1 Å². The molecule has 0 radical (unpaired) electrons. The quantitative estimate of drug-likeness (QED) is 0.466. The van der Waals surface area contributed by atoms with Crippen molar-refractivity contribution in [2.24, 2.45) is 0 Å². The minimum absolute atomic E-state index is 0.0213. The van der Waals surface area contributed by atoms with Crippen LogP contribution in [0.25, 0.3) is 11.3 Å². The van der Waals surface area contributed by atoms with E-state index in [1.807, 2.05) is 43.3 Å². The zero-order valence-electron chi connectivity index (χ0n) is 19.7. The minimum Gasteiger partial charge on any atom is -0.368 e. The molecule has 8 heteroatoms. The van der Waals surface area contributed by atoms with E-state index >= 15 is 0 Å². The summed E-state index contributed by atoms with van der Waals surface area (Å²) in [6.07, 6.45) is 4.57. The SMILES string of the molecule is CCCn1c(-c2ccncc2)cc(C(=O)NCCN2CCN(c3cccc(Cl)c3Cl)CC2)c1C. The monoisotopic (exact) mass is 499 g/mol. The van der Waals surface area contributed by atoms with Crippen LogP contribution in [0.2, 0.25) is 10.0 Å². The summed E-state index contributed by atoms with van der Waals surface area (Å²) in [7, 11) is 0. The molecule has 1 saturated heterocycles. The third-order valence-electron chi connectivity index (χ3n) is 6.39. The first-order chi connectivity index (χ1) is 16.5. The summed E-state index contributed by atoms with van der Waals surface area (Å²) >= 11 is 12.6. The lowest BCUT2D eigenvalue weighted by molar-refractivity contribution is 0.0947. The fourth-order valence-corrected chi connectivity index (χ4v) is 4.94. The first kappa shape index (κ1) is 24.6. The number of benzene rings is 1. The highest BCUT2D eigenvalue weighted by Gasteiger charge is 2.21. The van der Waals surface area contributed by atoms with Gasteiger partial charge in [0.1, 0.15) is 0 Å². The number of halogens is 2. The standard InChI is InChI=1S/C26H31Cl2N5O/c1-3-12-33-19(2)21(18-24(33)20-7-9-29-10-8-20)26(34)30-11-13-31-14-16-32(17-15-31)23-6-4-5-22(27)25(23)28/h4-10,18H,3,11-17H2,1-2H3,(H,30,34). The average molecular weight is 500 g/mol. The van der Waals surface area contributed by atoms with Crippen LogP contribution in [-0.4, -0.2) is 59.6 Å². The van der Waals surface area contributed by atoms with Gasteiger partial charge in [-0.2, -0.15) is 0 Å². The number of amides is 1. The summed E-state index contributed by atoms with van der Waals surface area (Å²) in [6.45, 7) is 10.1. The summed E-state index contributed by atoms with van der Waals surface area (Å²) in [5.41, 5.74) is 4.85. The summed E-state index contributed by atoms with van der Waals surface area (Å²) in [4.78, 5) is 21.8. The van der Waals surface area contributed by atoms with Crippen LogP contribution in [0.15, 0.2) is 48.8 Å². The lowest BCUT2D eigenvalue weighted by Gasteiger charge is -2.36.